The third-order valence-corrected chi connectivity index (χ3v) is 4.25. The van der Waals surface area contributed by atoms with Gasteiger partial charge in [0.2, 0.25) is 0 Å². The lowest BCUT2D eigenvalue weighted by Crippen LogP contribution is -2.41. The summed E-state index contributed by atoms with van der Waals surface area (Å²) in [5, 5.41) is 0. The molecule has 144 valence electrons. The molecular weight excluding hydrogens is 364 g/mol. The largest absolute Gasteiger partial charge is 0.450 e. The zero-order chi connectivity index (χ0) is 20.1. The minimum Gasteiger partial charge on any atom is -0.450 e. The number of hydrogen-bond acceptors (Lipinski definition) is 3. The molecule has 0 atom stereocenters. The molecule has 3 rings (SSSR count). The number of likely N-dealkylation sites (tertiary alicyclic amines) is 1. The van der Waals surface area contributed by atoms with E-state index in [-0.39, 0.29) is 37.1 Å². The van der Waals surface area contributed by atoms with E-state index >= 15 is 0 Å². The summed E-state index contributed by atoms with van der Waals surface area (Å²) in [5.41, 5.74) is 2.08. The average Bonchev–Trinajstić information content (AvgIpc) is 2.68. The summed E-state index contributed by atoms with van der Waals surface area (Å²) in [6.07, 6.45) is 2.74. The maximum Gasteiger partial charge on any atom is 0.410 e. The van der Waals surface area contributed by atoms with Crippen molar-refractivity contribution in [3.05, 3.63) is 82.4 Å². The van der Waals surface area contributed by atoms with Crippen molar-refractivity contribution < 1.29 is 23.1 Å². The van der Waals surface area contributed by atoms with Crippen LogP contribution in [0.15, 0.2) is 59.7 Å². The lowest BCUT2D eigenvalue weighted by molar-refractivity contribution is -0.113. The number of carbonyl (C=O) groups excluding carboxylic acids is 2. The number of halogens is 2. The van der Waals surface area contributed by atoms with Crippen molar-refractivity contribution in [3.63, 3.8) is 0 Å². The average molecular weight is 383 g/mol. The molecule has 1 saturated heterocycles. The van der Waals surface area contributed by atoms with E-state index < -0.39 is 6.09 Å². The van der Waals surface area contributed by atoms with Gasteiger partial charge in [-0.05, 0) is 54.5 Å². The van der Waals surface area contributed by atoms with Crippen LogP contribution < -0.4 is 0 Å². The fourth-order valence-corrected chi connectivity index (χ4v) is 2.90. The molecule has 28 heavy (non-hydrogen) atoms. The van der Waals surface area contributed by atoms with Crippen molar-refractivity contribution in [3.8, 4) is 0 Å². The lowest BCUT2D eigenvalue weighted by Gasteiger charge is -2.29. The van der Waals surface area contributed by atoms with Gasteiger partial charge in [-0.2, -0.15) is 0 Å². The molecule has 0 N–H and O–H groups in total. The highest BCUT2D eigenvalue weighted by Gasteiger charge is 2.29. The molecule has 1 heterocycles. The van der Waals surface area contributed by atoms with E-state index in [0.29, 0.717) is 22.3 Å². The molecule has 0 unspecified atom stereocenters. The fraction of sp³-hybridized carbons (Fsp3) is 0.182. The van der Waals surface area contributed by atoms with Gasteiger partial charge in [0.25, 0.3) is 0 Å². The summed E-state index contributed by atoms with van der Waals surface area (Å²) >= 11 is 0. The second-order valence-electron chi connectivity index (χ2n) is 6.33. The van der Waals surface area contributed by atoms with E-state index in [0.717, 1.165) is 0 Å². The van der Waals surface area contributed by atoms with Gasteiger partial charge in [0.1, 0.15) is 11.6 Å². The Kier molecular flexibility index (Phi) is 5.99. The van der Waals surface area contributed by atoms with Crippen LogP contribution in [0.4, 0.5) is 13.6 Å². The van der Waals surface area contributed by atoms with Gasteiger partial charge in [-0.15, -0.1) is 0 Å². The SMILES string of the molecule is CCOC(=O)N1C/C(=C/c2ccc(F)cc2)C(=O)/C(=C\c2ccc(F)cc2)C1. The number of Topliss-reactive ketones (excluding diaryl/α,β-unsaturated/α-hetero) is 1. The molecule has 1 fully saturated rings. The Morgan fingerprint density at radius 1 is 0.929 bits per heavy atom. The molecule has 0 saturated carbocycles. The number of rotatable bonds is 3. The molecule has 0 radical (unpaired) electrons. The van der Waals surface area contributed by atoms with Gasteiger partial charge in [-0.3, -0.25) is 9.69 Å². The van der Waals surface area contributed by atoms with Crippen molar-refractivity contribution in [1.82, 2.24) is 4.90 Å². The summed E-state index contributed by atoms with van der Waals surface area (Å²) in [4.78, 5) is 26.6. The highest BCUT2D eigenvalue weighted by atomic mass is 19.1. The molecule has 0 bridgehead atoms. The summed E-state index contributed by atoms with van der Waals surface area (Å²) in [6, 6.07) is 11.4. The molecule has 6 heteroatoms. The zero-order valence-electron chi connectivity index (χ0n) is 15.3. The van der Waals surface area contributed by atoms with Gasteiger partial charge in [-0.1, -0.05) is 24.3 Å². The second kappa shape index (κ2) is 8.61. The Morgan fingerprint density at radius 3 is 1.75 bits per heavy atom. The topological polar surface area (TPSA) is 46.6 Å². The van der Waals surface area contributed by atoms with E-state index in [9.17, 15) is 18.4 Å². The summed E-state index contributed by atoms with van der Waals surface area (Å²) in [5.74, 6) is -0.960. The quantitative estimate of drug-likeness (QED) is 0.735. The second-order valence-corrected chi connectivity index (χ2v) is 6.33. The third kappa shape index (κ3) is 4.71. The van der Waals surface area contributed by atoms with Crippen molar-refractivity contribution in [2.24, 2.45) is 0 Å². The van der Waals surface area contributed by atoms with Crippen molar-refractivity contribution in [2.45, 2.75) is 6.92 Å². The van der Waals surface area contributed by atoms with Crippen LogP contribution in [-0.2, 0) is 9.53 Å². The predicted molar refractivity (Wildman–Crippen MR) is 102 cm³/mol. The minimum atomic E-state index is -0.523. The van der Waals surface area contributed by atoms with Gasteiger partial charge in [-0.25, -0.2) is 13.6 Å². The number of benzene rings is 2. The van der Waals surface area contributed by atoms with Gasteiger partial charge in [0, 0.05) is 11.1 Å². The van der Waals surface area contributed by atoms with E-state index in [1.165, 1.54) is 29.2 Å². The molecule has 1 aliphatic rings. The smallest absolute Gasteiger partial charge is 0.410 e. The van der Waals surface area contributed by atoms with Crippen molar-refractivity contribution >= 4 is 24.0 Å². The Labute approximate surface area is 161 Å². The Morgan fingerprint density at radius 2 is 1.36 bits per heavy atom. The van der Waals surface area contributed by atoms with Crippen LogP contribution in [0, 0.1) is 11.6 Å². The lowest BCUT2D eigenvalue weighted by atomic mass is 9.94. The Bertz CT molecular complexity index is 864. The maximum absolute atomic E-state index is 13.1. The van der Waals surface area contributed by atoms with E-state index in [2.05, 4.69) is 0 Å². The van der Waals surface area contributed by atoms with E-state index in [1.807, 2.05) is 0 Å². The molecule has 1 amide bonds. The van der Waals surface area contributed by atoms with Crippen LogP contribution >= 0.6 is 0 Å². The highest BCUT2D eigenvalue weighted by Crippen LogP contribution is 2.23. The normalized spacial score (nSPS) is 17.2. The van der Waals surface area contributed by atoms with Gasteiger partial charge >= 0.3 is 6.09 Å². The molecule has 0 aliphatic carbocycles. The van der Waals surface area contributed by atoms with Gasteiger partial charge in [0.05, 0.1) is 19.7 Å². The van der Waals surface area contributed by atoms with Crippen molar-refractivity contribution in [1.29, 1.82) is 0 Å². The first-order valence-electron chi connectivity index (χ1n) is 8.85. The van der Waals surface area contributed by atoms with E-state index in [4.69, 9.17) is 4.74 Å². The maximum atomic E-state index is 13.1. The predicted octanol–water partition coefficient (Wildman–Crippen LogP) is 4.47. The number of piperidine rings is 1. The number of nitrogens with zero attached hydrogens (tertiary/aromatic N) is 1. The number of carbonyl (C=O) groups is 2. The number of amides is 1. The molecular formula is C22H19F2NO3. The van der Waals surface area contributed by atoms with Crippen molar-refractivity contribution in [2.75, 3.05) is 19.7 Å². The van der Waals surface area contributed by atoms with Crippen LogP contribution in [-0.4, -0.2) is 36.5 Å². The standard InChI is InChI=1S/C22H19F2NO3/c1-2-28-22(27)25-13-17(11-15-3-7-19(23)8-4-15)21(26)18(14-25)12-16-5-9-20(24)10-6-16/h3-12H,2,13-14H2,1H3/b17-11-,18-12-. The number of hydrogen-bond donors (Lipinski definition) is 0. The summed E-state index contributed by atoms with van der Waals surface area (Å²) in [6.45, 7) is 2.11. The summed E-state index contributed by atoms with van der Waals surface area (Å²) < 4.78 is 31.3. The first-order chi connectivity index (χ1) is 13.5. The Balaban J connectivity index is 1.96. The molecule has 0 aromatic heterocycles. The number of ketones is 1. The van der Waals surface area contributed by atoms with Gasteiger partial charge < -0.3 is 4.74 Å². The summed E-state index contributed by atoms with van der Waals surface area (Å²) in [7, 11) is 0. The first-order valence-corrected chi connectivity index (χ1v) is 8.85. The van der Waals surface area contributed by atoms with Crippen LogP contribution in [0.3, 0.4) is 0 Å². The highest BCUT2D eigenvalue weighted by molar-refractivity contribution is 6.15. The molecule has 2 aromatic rings. The fourth-order valence-electron chi connectivity index (χ4n) is 2.90. The minimum absolute atomic E-state index is 0.0931. The molecule has 4 nitrogen and oxygen atoms in total. The first kappa shape index (κ1) is 19.5. The third-order valence-electron chi connectivity index (χ3n) is 4.25. The van der Waals surface area contributed by atoms with Crippen LogP contribution in [0.1, 0.15) is 18.1 Å². The van der Waals surface area contributed by atoms with Crippen LogP contribution in [0.2, 0.25) is 0 Å². The van der Waals surface area contributed by atoms with E-state index in [1.54, 1.807) is 43.3 Å². The monoisotopic (exact) mass is 383 g/mol. The zero-order valence-corrected chi connectivity index (χ0v) is 15.3. The van der Waals surface area contributed by atoms with Crippen LogP contribution in [0.25, 0.3) is 12.2 Å². The van der Waals surface area contributed by atoms with Gasteiger partial charge in [0.15, 0.2) is 5.78 Å². The Hall–Kier alpha value is -3.28. The van der Waals surface area contributed by atoms with Crippen LogP contribution in [0.5, 0.6) is 0 Å². The molecule has 2 aromatic carbocycles. The number of ether oxygens (including phenoxy) is 1. The molecule has 1 aliphatic heterocycles. The molecule has 0 spiro atoms.